The predicted octanol–water partition coefficient (Wildman–Crippen LogP) is 3.32. The van der Waals surface area contributed by atoms with Crippen LogP contribution in [-0.2, 0) is 33.4 Å². The maximum absolute atomic E-state index is 13.1. The van der Waals surface area contributed by atoms with Gasteiger partial charge in [-0.25, -0.2) is 0 Å². The molecule has 2 fully saturated rings. The van der Waals surface area contributed by atoms with Crippen LogP contribution < -0.4 is 5.32 Å². The van der Waals surface area contributed by atoms with Gasteiger partial charge in [-0.3, -0.25) is 9.78 Å². The molecular formula is C25H38F3N3O4. The van der Waals surface area contributed by atoms with Crippen molar-refractivity contribution in [3.63, 3.8) is 0 Å². The zero-order chi connectivity index (χ0) is 25.8. The number of ether oxygens (including phenoxy) is 2. The van der Waals surface area contributed by atoms with Gasteiger partial charge in [0.25, 0.3) is 0 Å². The number of nitrogens with one attached hydrogen (secondary N) is 1. The smallest absolute Gasteiger partial charge is 0.391 e. The van der Waals surface area contributed by atoms with Crippen LogP contribution >= 0.6 is 0 Å². The molecule has 4 rings (SSSR count). The second-order valence-corrected chi connectivity index (χ2v) is 10.6. The maximum Gasteiger partial charge on any atom is 0.417 e. The number of fused-ring (bicyclic) bond motifs is 1. The lowest BCUT2D eigenvalue weighted by molar-refractivity contribution is -0.138. The van der Waals surface area contributed by atoms with E-state index in [1.165, 1.54) is 0 Å². The first-order valence-corrected chi connectivity index (χ1v) is 12.3. The van der Waals surface area contributed by atoms with E-state index in [-0.39, 0.29) is 36.6 Å². The van der Waals surface area contributed by atoms with Gasteiger partial charge in [-0.1, -0.05) is 0 Å². The average Bonchev–Trinajstić information content (AvgIpc) is 3.25. The second kappa shape index (κ2) is 11.5. The Hall–Kier alpha value is -1.75. The minimum Gasteiger partial charge on any atom is -0.391 e. The molecule has 4 atom stereocenters. The van der Waals surface area contributed by atoms with E-state index in [1.54, 1.807) is 32.8 Å². The van der Waals surface area contributed by atoms with Gasteiger partial charge < -0.3 is 24.8 Å². The highest BCUT2D eigenvalue weighted by atomic mass is 19.4. The zero-order valence-corrected chi connectivity index (χ0v) is 21.0. The Bertz CT molecular complexity index is 853. The van der Waals surface area contributed by atoms with Gasteiger partial charge in [0.15, 0.2) is 0 Å². The number of methoxy groups -OCH3 is 1. The summed E-state index contributed by atoms with van der Waals surface area (Å²) < 4.78 is 50.0. The van der Waals surface area contributed by atoms with E-state index in [1.807, 2.05) is 0 Å². The van der Waals surface area contributed by atoms with Crippen LogP contribution in [0.3, 0.4) is 0 Å². The van der Waals surface area contributed by atoms with E-state index in [2.05, 4.69) is 10.3 Å². The third-order valence-electron chi connectivity index (χ3n) is 6.52. The van der Waals surface area contributed by atoms with Gasteiger partial charge in [-0.05, 0) is 58.1 Å². The number of carbonyl (C=O) groups excluding carboxylic acids is 1. The molecule has 1 saturated heterocycles. The Labute approximate surface area is 205 Å². The van der Waals surface area contributed by atoms with Crippen molar-refractivity contribution in [1.29, 1.82) is 0 Å². The molecule has 1 aliphatic carbocycles. The number of nitrogens with zero attached hydrogens (tertiary/aromatic N) is 2. The summed E-state index contributed by atoms with van der Waals surface area (Å²) in [6.45, 7) is 7.21. The molecule has 1 saturated carbocycles. The number of aliphatic hydroxyl groups is 1. The molecule has 1 aromatic heterocycles. The van der Waals surface area contributed by atoms with Crippen molar-refractivity contribution < 1.29 is 32.5 Å². The van der Waals surface area contributed by atoms with Crippen LogP contribution in [0.4, 0.5) is 13.2 Å². The molecule has 4 unspecified atom stereocenters. The molecule has 10 heteroatoms. The summed E-state index contributed by atoms with van der Waals surface area (Å²) >= 11 is 0. The van der Waals surface area contributed by atoms with E-state index in [0.29, 0.717) is 37.4 Å². The van der Waals surface area contributed by atoms with E-state index in [9.17, 15) is 18.0 Å². The number of alkyl halides is 3. The van der Waals surface area contributed by atoms with Gasteiger partial charge in [0.05, 0.1) is 23.9 Å². The van der Waals surface area contributed by atoms with Crippen molar-refractivity contribution >= 4 is 5.91 Å². The SMILES string of the molecule is CC(C)(C)O.COC1COCCC1NC1CCC(C(=O)N2CCc3ncc(C(F)(F)F)cc3C2)C1. The van der Waals surface area contributed by atoms with Crippen LogP contribution in [0.5, 0.6) is 0 Å². The predicted molar refractivity (Wildman–Crippen MR) is 125 cm³/mol. The van der Waals surface area contributed by atoms with Crippen LogP contribution in [0, 0.1) is 5.92 Å². The molecule has 1 amide bonds. The van der Waals surface area contributed by atoms with Crippen molar-refractivity contribution in [2.75, 3.05) is 26.9 Å². The Morgan fingerprint density at radius 3 is 2.63 bits per heavy atom. The van der Waals surface area contributed by atoms with Crippen LogP contribution in [0.1, 0.15) is 63.3 Å². The van der Waals surface area contributed by atoms with Crippen LogP contribution in [0.25, 0.3) is 0 Å². The van der Waals surface area contributed by atoms with Crippen molar-refractivity contribution in [2.24, 2.45) is 5.92 Å². The number of hydrogen-bond donors (Lipinski definition) is 2. The quantitative estimate of drug-likeness (QED) is 0.659. The molecule has 3 aliphatic rings. The van der Waals surface area contributed by atoms with Gasteiger partial charge >= 0.3 is 6.18 Å². The number of amides is 1. The number of halogens is 3. The molecule has 0 radical (unpaired) electrons. The molecule has 0 spiro atoms. The van der Waals surface area contributed by atoms with Crippen molar-refractivity contribution in [2.45, 2.75) is 89.4 Å². The van der Waals surface area contributed by atoms with Crippen LogP contribution in [0.2, 0.25) is 0 Å². The molecule has 0 bridgehead atoms. The Morgan fingerprint density at radius 1 is 1.26 bits per heavy atom. The molecule has 3 heterocycles. The van der Waals surface area contributed by atoms with E-state index in [0.717, 1.165) is 37.9 Å². The van der Waals surface area contributed by atoms with Gasteiger partial charge in [0.2, 0.25) is 5.91 Å². The van der Waals surface area contributed by atoms with E-state index >= 15 is 0 Å². The number of hydrogen-bond acceptors (Lipinski definition) is 6. The Morgan fingerprint density at radius 2 is 1.97 bits per heavy atom. The van der Waals surface area contributed by atoms with Crippen molar-refractivity contribution in [3.05, 3.63) is 29.1 Å². The fraction of sp³-hybridized carbons (Fsp3) is 0.760. The highest BCUT2D eigenvalue weighted by Crippen LogP contribution is 2.33. The molecule has 198 valence electrons. The first kappa shape index (κ1) is 27.8. The molecular weight excluding hydrogens is 463 g/mol. The number of aromatic nitrogens is 1. The molecule has 2 aliphatic heterocycles. The first-order valence-electron chi connectivity index (χ1n) is 12.3. The highest BCUT2D eigenvalue weighted by Gasteiger charge is 2.37. The summed E-state index contributed by atoms with van der Waals surface area (Å²) in [6, 6.07) is 1.60. The van der Waals surface area contributed by atoms with Crippen LogP contribution in [0.15, 0.2) is 12.3 Å². The number of rotatable bonds is 4. The molecule has 2 N–H and O–H groups in total. The van der Waals surface area contributed by atoms with Crippen LogP contribution in [-0.4, -0.2) is 71.6 Å². The second-order valence-electron chi connectivity index (χ2n) is 10.6. The summed E-state index contributed by atoms with van der Waals surface area (Å²) in [7, 11) is 1.68. The molecule has 1 aromatic rings. The highest BCUT2D eigenvalue weighted by molar-refractivity contribution is 5.79. The lowest BCUT2D eigenvalue weighted by Gasteiger charge is -2.33. The summed E-state index contributed by atoms with van der Waals surface area (Å²) in [6.07, 6.45) is 0.293. The zero-order valence-electron chi connectivity index (χ0n) is 21.0. The normalized spacial score (nSPS) is 27.1. The summed E-state index contributed by atoms with van der Waals surface area (Å²) in [5.41, 5.74) is -0.102. The standard InChI is InChI=1S/C21H28F3N3O3.C4H10O/c1-29-19-12-30-7-5-18(19)26-16-3-2-13(9-16)20(28)27-6-4-17-14(11-27)8-15(10-25-17)21(22,23)24;1-4(2,3)5/h8,10,13,16,18-19,26H,2-7,9,11-12H2,1H3;5H,1-3H3. The lowest BCUT2D eigenvalue weighted by Crippen LogP contribution is -2.50. The first-order chi connectivity index (χ1) is 16.3. The minimum absolute atomic E-state index is 0.0161. The van der Waals surface area contributed by atoms with E-state index in [4.69, 9.17) is 14.6 Å². The third kappa shape index (κ3) is 8.13. The van der Waals surface area contributed by atoms with Crippen molar-refractivity contribution in [3.8, 4) is 0 Å². The van der Waals surface area contributed by atoms with Gasteiger partial charge in [0, 0.05) is 63.1 Å². The summed E-state index contributed by atoms with van der Waals surface area (Å²) in [4.78, 5) is 18.7. The third-order valence-corrected chi connectivity index (χ3v) is 6.52. The average molecular weight is 502 g/mol. The Balaban J connectivity index is 0.000000623. The van der Waals surface area contributed by atoms with E-state index < -0.39 is 17.3 Å². The topological polar surface area (TPSA) is 83.9 Å². The monoisotopic (exact) mass is 501 g/mol. The van der Waals surface area contributed by atoms with Crippen molar-refractivity contribution in [1.82, 2.24) is 15.2 Å². The fourth-order valence-corrected chi connectivity index (χ4v) is 4.82. The van der Waals surface area contributed by atoms with Gasteiger partial charge in [-0.2, -0.15) is 13.2 Å². The van der Waals surface area contributed by atoms with Gasteiger partial charge in [0.1, 0.15) is 0 Å². The molecule has 7 nitrogen and oxygen atoms in total. The lowest BCUT2D eigenvalue weighted by atomic mass is 10.00. The minimum atomic E-state index is -4.43. The fourth-order valence-electron chi connectivity index (χ4n) is 4.82. The maximum atomic E-state index is 13.1. The summed E-state index contributed by atoms with van der Waals surface area (Å²) in [5.74, 6) is -0.0544. The number of pyridine rings is 1. The molecule has 0 aromatic carbocycles. The number of carbonyl (C=O) groups is 1. The summed E-state index contributed by atoms with van der Waals surface area (Å²) in [5, 5.41) is 12.2. The van der Waals surface area contributed by atoms with Gasteiger partial charge in [-0.15, -0.1) is 0 Å². The molecule has 35 heavy (non-hydrogen) atoms. The Kier molecular flexibility index (Phi) is 9.17. The largest absolute Gasteiger partial charge is 0.417 e.